The first kappa shape index (κ1) is 23.0. The average molecular weight is 342 g/mol. The molecule has 20 heavy (non-hydrogen) atoms. The second kappa shape index (κ2) is 16.1. The van der Waals surface area contributed by atoms with E-state index in [4.69, 9.17) is 11.1 Å². The van der Waals surface area contributed by atoms with Crippen molar-refractivity contribution in [1.29, 1.82) is 0 Å². The van der Waals surface area contributed by atoms with E-state index >= 15 is 0 Å². The van der Waals surface area contributed by atoms with Gasteiger partial charge in [0.1, 0.15) is 0 Å². The Bertz CT molecular complexity index is 184. The molecule has 2 N–H and O–H groups in total. The summed E-state index contributed by atoms with van der Waals surface area (Å²) in [5, 5.41) is 2.42. The van der Waals surface area contributed by atoms with E-state index in [-0.39, 0.29) is 12.4 Å². The Balaban J connectivity index is 0. The zero-order valence-corrected chi connectivity index (χ0v) is 16.5. The minimum absolute atomic E-state index is 0. The fourth-order valence-corrected chi connectivity index (χ4v) is 3.62. The van der Waals surface area contributed by atoms with Crippen molar-refractivity contribution in [2.75, 3.05) is 12.7 Å². The molecular formula is C16H37Cl2NSi. The summed E-state index contributed by atoms with van der Waals surface area (Å²) in [5.74, 6) is 0. The first-order valence-electron chi connectivity index (χ1n) is 8.57. The molecule has 0 aromatic heterocycles. The van der Waals surface area contributed by atoms with Crippen molar-refractivity contribution < 1.29 is 17.7 Å². The third-order valence-corrected chi connectivity index (χ3v) is 5.36. The summed E-state index contributed by atoms with van der Waals surface area (Å²) in [7, 11) is -1.34. The molecule has 0 atom stereocenters. The maximum atomic E-state index is 6.28. The lowest BCUT2D eigenvalue weighted by Crippen LogP contribution is -3.00. The van der Waals surface area contributed by atoms with E-state index in [1.54, 1.807) is 0 Å². The molecule has 0 aliphatic carbocycles. The number of hydrogen-bond donors (Lipinski definition) is 1. The third kappa shape index (κ3) is 21.1. The van der Waals surface area contributed by atoms with Crippen LogP contribution in [0.4, 0.5) is 0 Å². The van der Waals surface area contributed by atoms with Gasteiger partial charge in [0.15, 0.2) is 0 Å². The van der Waals surface area contributed by atoms with Crippen LogP contribution < -0.4 is 17.7 Å². The summed E-state index contributed by atoms with van der Waals surface area (Å²) in [4.78, 5) is 0. The Hall–Kier alpha value is 0.757. The molecule has 0 fully saturated rings. The van der Waals surface area contributed by atoms with Crippen LogP contribution in [0, 0.1) is 0 Å². The standard InChI is InChI=1S/C16H36ClNSi.ClH/c1-4-5-6-7-8-9-10-11-12-13-14-15-18-16-19(2,3)17;/h18H,4-16H2,1-3H3;1H. The van der Waals surface area contributed by atoms with Crippen LogP contribution in [-0.2, 0) is 0 Å². The molecule has 0 heterocycles. The lowest BCUT2D eigenvalue weighted by molar-refractivity contribution is -0.640. The van der Waals surface area contributed by atoms with Crippen LogP contribution in [0.3, 0.4) is 0 Å². The molecule has 0 bridgehead atoms. The van der Waals surface area contributed by atoms with E-state index in [0.29, 0.717) is 0 Å². The molecule has 0 saturated heterocycles. The van der Waals surface area contributed by atoms with Crippen molar-refractivity contribution >= 4 is 18.5 Å². The molecule has 0 aliphatic heterocycles. The van der Waals surface area contributed by atoms with Crippen LogP contribution in [0.25, 0.3) is 0 Å². The van der Waals surface area contributed by atoms with E-state index < -0.39 is 7.38 Å². The van der Waals surface area contributed by atoms with Gasteiger partial charge in [-0.1, -0.05) is 77.8 Å². The highest BCUT2D eigenvalue weighted by Gasteiger charge is 2.18. The quantitative estimate of drug-likeness (QED) is 0.282. The van der Waals surface area contributed by atoms with Crippen LogP contribution in [0.1, 0.15) is 77.6 Å². The number of hydrogen-bond acceptors (Lipinski definition) is 0. The fourth-order valence-electron chi connectivity index (χ4n) is 2.40. The van der Waals surface area contributed by atoms with Gasteiger partial charge in [0.2, 0.25) is 7.38 Å². The van der Waals surface area contributed by atoms with Crippen LogP contribution in [0.15, 0.2) is 0 Å². The summed E-state index contributed by atoms with van der Waals surface area (Å²) in [6, 6.07) is 0. The second-order valence-corrected chi connectivity index (χ2v) is 13.5. The van der Waals surface area contributed by atoms with Gasteiger partial charge in [-0.05, 0) is 12.8 Å². The van der Waals surface area contributed by atoms with Crippen LogP contribution >= 0.6 is 11.1 Å². The molecule has 0 spiro atoms. The van der Waals surface area contributed by atoms with Crippen molar-refractivity contribution in [2.45, 2.75) is 90.6 Å². The molecule has 124 valence electrons. The largest absolute Gasteiger partial charge is 1.00 e. The van der Waals surface area contributed by atoms with Gasteiger partial charge in [-0.15, -0.1) is 0 Å². The highest BCUT2D eigenvalue weighted by Crippen LogP contribution is 2.10. The Morgan fingerprint density at radius 1 is 0.750 bits per heavy atom. The maximum Gasteiger partial charge on any atom is 0.211 e. The summed E-state index contributed by atoms with van der Waals surface area (Å²) in [5.41, 5.74) is 0. The predicted octanol–water partition coefficient (Wildman–Crippen LogP) is 1.85. The topological polar surface area (TPSA) is 16.6 Å². The molecule has 0 rings (SSSR count). The van der Waals surface area contributed by atoms with Crippen LogP contribution in [0.2, 0.25) is 13.1 Å². The fraction of sp³-hybridized carbons (Fsp3) is 1.00. The van der Waals surface area contributed by atoms with E-state index in [9.17, 15) is 0 Å². The molecule has 0 aliphatic rings. The van der Waals surface area contributed by atoms with E-state index in [2.05, 4.69) is 25.3 Å². The third-order valence-electron chi connectivity index (χ3n) is 3.64. The van der Waals surface area contributed by atoms with Gasteiger partial charge in [0.05, 0.1) is 12.7 Å². The Morgan fingerprint density at radius 3 is 1.55 bits per heavy atom. The average Bonchev–Trinajstić information content (AvgIpc) is 2.34. The Morgan fingerprint density at radius 2 is 1.15 bits per heavy atom. The van der Waals surface area contributed by atoms with E-state index in [1.165, 1.54) is 83.3 Å². The summed E-state index contributed by atoms with van der Waals surface area (Å²) >= 11 is 6.28. The molecule has 0 aromatic carbocycles. The summed E-state index contributed by atoms with van der Waals surface area (Å²) < 4.78 is 0. The van der Waals surface area contributed by atoms with Gasteiger partial charge in [0, 0.05) is 0 Å². The van der Waals surface area contributed by atoms with Crippen molar-refractivity contribution in [2.24, 2.45) is 0 Å². The Labute approximate surface area is 139 Å². The second-order valence-electron chi connectivity index (χ2n) is 6.54. The van der Waals surface area contributed by atoms with Gasteiger partial charge < -0.3 is 17.7 Å². The summed E-state index contributed by atoms with van der Waals surface area (Å²) in [6.45, 7) is 8.02. The molecule has 4 heteroatoms. The number of halogens is 2. The number of quaternary nitrogens is 1. The van der Waals surface area contributed by atoms with Gasteiger partial charge in [0.25, 0.3) is 0 Å². The van der Waals surface area contributed by atoms with E-state index in [1.807, 2.05) is 0 Å². The first-order valence-corrected chi connectivity index (χ1v) is 12.8. The zero-order valence-electron chi connectivity index (χ0n) is 14.0. The van der Waals surface area contributed by atoms with Crippen molar-refractivity contribution in [3.63, 3.8) is 0 Å². The molecule has 1 nitrogen and oxygen atoms in total. The van der Waals surface area contributed by atoms with E-state index in [0.717, 1.165) is 0 Å². The Kier molecular flexibility index (Phi) is 18.6. The number of rotatable bonds is 14. The predicted molar refractivity (Wildman–Crippen MR) is 91.5 cm³/mol. The molecule has 0 saturated carbocycles. The normalized spacial score (nSPS) is 11.4. The lowest BCUT2D eigenvalue weighted by Gasteiger charge is -2.10. The monoisotopic (exact) mass is 341 g/mol. The lowest BCUT2D eigenvalue weighted by atomic mass is 10.1. The maximum absolute atomic E-state index is 6.28. The number of unbranched alkanes of at least 4 members (excludes halogenated alkanes) is 10. The molecule has 0 amide bonds. The first-order chi connectivity index (χ1) is 9.06. The van der Waals surface area contributed by atoms with Gasteiger partial charge in [-0.25, -0.2) is 0 Å². The SMILES string of the molecule is CCCCCCCCCCCCC[NH2+]C[Si](C)(C)Cl.[Cl-]. The minimum atomic E-state index is -1.34. The molecule has 0 aromatic rings. The molecule has 0 unspecified atom stereocenters. The molecular weight excluding hydrogens is 305 g/mol. The smallest absolute Gasteiger partial charge is 0.211 e. The highest BCUT2D eigenvalue weighted by atomic mass is 35.6. The van der Waals surface area contributed by atoms with Gasteiger partial charge in [-0.2, -0.15) is 11.1 Å². The van der Waals surface area contributed by atoms with Crippen molar-refractivity contribution in [3.8, 4) is 0 Å². The number of nitrogens with two attached hydrogens (primary N) is 1. The van der Waals surface area contributed by atoms with Gasteiger partial charge in [-0.3, -0.25) is 0 Å². The van der Waals surface area contributed by atoms with Crippen molar-refractivity contribution in [1.82, 2.24) is 0 Å². The highest BCUT2D eigenvalue weighted by molar-refractivity contribution is 7.18. The van der Waals surface area contributed by atoms with Gasteiger partial charge >= 0.3 is 0 Å². The van der Waals surface area contributed by atoms with Crippen LogP contribution in [-0.4, -0.2) is 20.1 Å². The summed E-state index contributed by atoms with van der Waals surface area (Å²) in [6.07, 6.45) is 16.9. The minimum Gasteiger partial charge on any atom is -1.00 e. The zero-order chi connectivity index (χ0) is 14.4. The molecule has 0 radical (unpaired) electrons. The van der Waals surface area contributed by atoms with Crippen LogP contribution in [0.5, 0.6) is 0 Å². The van der Waals surface area contributed by atoms with Crippen molar-refractivity contribution in [3.05, 3.63) is 0 Å².